The largest absolute Gasteiger partial charge is 0.462 e. The van der Waals surface area contributed by atoms with Gasteiger partial charge in [0.05, 0.1) is 0 Å². The van der Waals surface area contributed by atoms with Crippen LogP contribution in [-0.4, -0.2) is 37.2 Å². The van der Waals surface area contributed by atoms with Gasteiger partial charge in [-0.3, -0.25) is 14.4 Å². The highest BCUT2D eigenvalue weighted by atomic mass is 16.6. The monoisotopic (exact) mass is 849 g/mol. The van der Waals surface area contributed by atoms with Crippen molar-refractivity contribution in [1.82, 2.24) is 0 Å². The first-order chi connectivity index (χ1) is 30.0. The molecule has 0 aromatic heterocycles. The summed E-state index contributed by atoms with van der Waals surface area (Å²) in [6.07, 6.45) is 63.0. The summed E-state index contributed by atoms with van der Waals surface area (Å²) in [5.74, 6) is -1.07. The molecule has 0 rings (SSSR count). The van der Waals surface area contributed by atoms with E-state index in [-0.39, 0.29) is 38.0 Å². The zero-order valence-corrected chi connectivity index (χ0v) is 39.7. The lowest BCUT2D eigenvalue weighted by Gasteiger charge is -2.18. The van der Waals surface area contributed by atoms with Crippen LogP contribution >= 0.6 is 0 Å². The Hall–Kier alpha value is -3.41. The Morgan fingerprint density at radius 3 is 1.10 bits per heavy atom. The average Bonchev–Trinajstić information content (AvgIpc) is 3.26. The van der Waals surface area contributed by atoms with Crippen molar-refractivity contribution in [3.05, 3.63) is 85.1 Å². The molecule has 0 bridgehead atoms. The van der Waals surface area contributed by atoms with Crippen molar-refractivity contribution in [3.8, 4) is 0 Å². The highest BCUT2D eigenvalue weighted by Crippen LogP contribution is 2.11. The number of ether oxygens (including phenoxy) is 3. The number of unbranched alkanes of at least 4 members (excludes halogenated alkanes) is 19. The molecule has 6 heteroatoms. The third kappa shape index (κ3) is 47.5. The van der Waals surface area contributed by atoms with Crippen LogP contribution in [0.15, 0.2) is 85.1 Å². The Morgan fingerprint density at radius 1 is 0.328 bits per heavy atom. The molecule has 348 valence electrons. The van der Waals surface area contributed by atoms with E-state index in [1.165, 1.54) is 103 Å². The SMILES string of the molecule is CCCCC/C=C/C/C=C/C/C=C/C/C=C/CCCC(=O)OCC(COC(=O)CCCCC/C=C/CCCCCCCC)OC(=O)CC/C=C/C/C=C/CCCCCCCC. The van der Waals surface area contributed by atoms with E-state index in [4.69, 9.17) is 14.2 Å². The van der Waals surface area contributed by atoms with Crippen molar-refractivity contribution in [3.63, 3.8) is 0 Å². The van der Waals surface area contributed by atoms with Crippen molar-refractivity contribution < 1.29 is 28.6 Å². The third-order valence-corrected chi connectivity index (χ3v) is 10.4. The van der Waals surface area contributed by atoms with Crippen LogP contribution in [0.5, 0.6) is 0 Å². The van der Waals surface area contributed by atoms with Gasteiger partial charge in [-0.2, -0.15) is 0 Å². The molecule has 0 aromatic carbocycles. The zero-order valence-electron chi connectivity index (χ0n) is 39.7. The van der Waals surface area contributed by atoms with E-state index in [9.17, 15) is 14.4 Å². The van der Waals surface area contributed by atoms with E-state index in [0.717, 1.165) is 70.6 Å². The topological polar surface area (TPSA) is 78.9 Å². The molecule has 0 aliphatic carbocycles. The predicted octanol–water partition coefficient (Wildman–Crippen LogP) is 16.4. The molecule has 6 nitrogen and oxygen atoms in total. The summed E-state index contributed by atoms with van der Waals surface area (Å²) >= 11 is 0. The van der Waals surface area contributed by atoms with Crippen molar-refractivity contribution in [2.24, 2.45) is 0 Å². The second kappa shape index (κ2) is 49.2. The molecule has 0 fully saturated rings. The Kier molecular flexibility index (Phi) is 46.5. The van der Waals surface area contributed by atoms with Gasteiger partial charge in [-0.05, 0) is 103 Å². The van der Waals surface area contributed by atoms with E-state index in [2.05, 4.69) is 99.8 Å². The minimum Gasteiger partial charge on any atom is -0.462 e. The van der Waals surface area contributed by atoms with Gasteiger partial charge in [-0.25, -0.2) is 0 Å². The van der Waals surface area contributed by atoms with Crippen LogP contribution in [0.4, 0.5) is 0 Å². The van der Waals surface area contributed by atoms with Gasteiger partial charge in [0, 0.05) is 19.3 Å². The van der Waals surface area contributed by atoms with Crippen LogP contribution in [0.1, 0.15) is 226 Å². The lowest BCUT2D eigenvalue weighted by molar-refractivity contribution is -0.166. The second-order valence-electron chi connectivity index (χ2n) is 16.4. The number of hydrogen-bond donors (Lipinski definition) is 0. The molecule has 1 unspecified atom stereocenters. The molecule has 0 amide bonds. The van der Waals surface area contributed by atoms with Gasteiger partial charge in [0.25, 0.3) is 0 Å². The first-order valence-electron chi connectivity index (χ1n) is 25.1. The van der Waals surface area contributed by atoms with E-state index in [0.29, 0.717) is 19.3 Å². The van der Waals surface area contributed by atoms with Crippen LogP contribution in [0.25, 0.3) is 0 Å². The van der Waals surface area contributed by atoms with E-state index < -0.39 is 12.1 Å². The van der Waals surface area contributed by atoms with Gasteiger partial charge in [0.2, 0.25) is 0 Å². The van der Waals surface area contributed by atoms with Crippen molar-refractivity contribution >= 4 is 17.9 Å². The summed E-state index contributed by atoms with van der Waals surface area (Å²) in [6.45, 7) is 6.47. The Labute approximate surface area is 375 Å². The first kappa shape index (κ1) is 57.6. The lowest BCUT2D eigenvalue weighted by Crippen LogP contribution is -2.30. The van der Waals surface area contributed by atoms with E-state index in [1.807, 2.05) is 6.08 Å². The summed E-state index contributed by atoms with van der Waals surface area (Å²) in [5.41, 5.74) is 0. The second-order valence-corrected chi connectivity index (χ2v) is 16.4. The quantitative estimate of drug-likeness (QED) is 0.0263. The molecule has 0 N–H and O–H groups in total. The van der Waals surface area contributed by atoms with Crippen molar-refractivity contribution in [1.29, 1.82) is 0 Å². The summed E-state index contributed by atoms with van der Waals surface area (Å²) in [6, 6.07) is 0. The molecule has 0 aliphatic heterocycles. The smallest absolute Gasteiger partial charge is 0.306 e. The lowest BCUT2D eigenvalue weighted by atomic mass is 10.1. The molecule has 0 aromatic rings. The van der Waals surface area contributed by atoms with E-state index in [1.54, 1.807) is 0 Å². The first-order valence-corrected chi connectivity index (χ1v) is 25.1. The number of carbonyl (C=O) groups excluding carboxylic acids is 3. The summed E-state index contributed by atoms with van der Waals surface area (Å²) in [4.78, 5) is 37.8. The molecule has 0 radical (unpaired) electrons. The van der Waals surface area contributed by atoms with Gasteiger partial charge in [-0.15, -0.1) is 0 Å². The van der Waals surface area contributed by atoms with Crippen LogP contribution in [0.3, 0.4) is 0 Å². The standard InChI is InChI=1S/C55H92O6/c1-4-7-10-13-16-19-22-25-26-27-28-31-33-36-39-42-45-48-54(57)60-51-52(61-55(58)49-46-43-40-37-34-30-24-21-18-15-12-9-6-3)50-59-53(56)47-44-41-38-35-32-29-23-20-17-14-11-8-5-2/h16,19,25-26,28-32,34,36,39-40,43,52H,4-15,17-18,20-24,27,33,35,37-38,41-42,44-51H2,1-3H3/b19-16+,26-25+,31-28+,32-29+,34-30+,39-36+,43-40+. The highest BCUT2D eigenvalue weighted by Gasteiger charge is 2.19. The fraction of sp³-hybridized carbons (Fsp3) is 0.691. The van der Waals surface area contributed by atoms with Crippen molar-refractivity contribution in [2.45, 2.75) is 232 Å². The van der Waals surface area contributed by atoms with Gasteiger partial charge < -0.3 is 14.2 Å². The predicted molar refractivity (Wildman–Crippen MR) is 261 cm³/mol. The fourth-order valence-corrected chi connectivity index (χ4v) is 6.54. The van der Waals surface area contributed by atoms with Crippen LogP contribution < -0.4 is 0 Å². The minimum atomic E-state index is -0.834. The Bertz CT molecular complexity index is 1200. The van der Waals surface area contributed by atoms with Gasteiger partial charge >= 0.3 is 17.9 Å². The van der Waals surface area contributed by atoms with Gasteiger partial charge in [-0.1, -0.05) is 189 Å². The number of allylic oxidation sites excluding steroid dienone is 14. The summed E-state index contributed by atoms with van der Waals surface area (Å²) in [7, 11) is 0. The molecule has 0 saturated carbocycles. The third-order valence-electron chi connectivity index (χ3n) is 10.4. The molecule has 1 atom stereocenters. The number of carbonyl (C=O) groups is 3. The molecular weight excluding hydrogens is 757 g/mol. The maximum atomic E-state index is 12.7. The number of esters is 3. The van der Waals surface area contributed by atoms with E-state index >= 15 is 0 Å². The van der Waals surface area contributed by atoms with Crippen LogP contribution in [0.2, 0.25) is 0 Å². The van der Waals surface area contributed by atoms with Crippen LogP contribution in [-0.2, 0) is 28.6 Å². The fourth-order valence-electron chi connectivity index (χ4n) is 6.54. The minimum absolute atomic E-state index is 0.125. The molecule has 0 spiro atoms. The van der Waals surface area contributed by atoms with Gasteiger partial charge in [0.1, 0.15) is 13.2 Å². The molecule has 61 heavy (non-hydrogen) atoms. The zero-order chi connectivity index (χ0) is 44.4. The van der Waals surface area contributed by atoms with Gasteiger partial charge in [0.15, 0.2) is 6.10 Å². The number of hydrogen-bond acceptors (Lipinski definition) is 6. The summed E-state index contributed by atoms with van der Waals surface area (Å²) < 4.78 is 16.6. The Balaban J connectivity index is 4.56. The maximum absolute atomic E-state index is 12.7. The summed E-state index contributed by atoms with van der Waals surface area (Å²) in [5, 5.41) is 0. The average molecular weight is 849 g/mol. The number of rotatable bonds is 44. The highest BCUT2D eigenvalue weighted by molar-refractivity contribution is 5.71. The normalized spacial score (nSPS) is 12.8. The maximum Gasteiger partial charge on any atom is 0.306 e. The molecule has 0 saturated heterocycles. The molecule has 0 aliphatic rings. The van der Waals surface area contributed by atoms with Crippen molar-refractivity contribution in [2.75, 3.05) is 13.2 Å². The molecular formula is C55H92O6. The van der Waals surface area contributed by atoms with Crippen LogP contribution in [0, 0.1) is 0 Å². The Morgan fingerprint density at radius 2 is 0.639 bits per heavy atom. The molecule has 0 heterocycles.